The molecule has 0 saturated carbocycles. The quantitative estimate of drug-likeness (QED) is 0.0992. The molecule has 1 aliphatic rings. The number of halogens is 8. The highest BCUT2D eigenvalue weighted by Crippen LogP contribution is 2.42. The Kier molecular flexibility index (Phi) is 7.47. The van der Waals surface area contributed by atoms with Crippen LogP contribution in [0.25, 0.3) is 11.1 Å². The zero-order valence-electron chi connectivity index (χ0n) is 20.7. The van der Waals surface area contributed by atoms with E-state index in [9.17, 15) is 43.5 Å². The number of benzene rings is 3. The van der Waals surface area contributed by atoms with E-state index in [2.05, 4.69) is 9.17 Å². The van der Waals surface area contributed by atoms with Crippen LogP contribution in [0.2, 0.25) is 0 Å². The predicted octanol–water partition coefficient (Wildman–Crippen LogP) is 7.13. The Morgan fingerprint density at radius 2 is 1.57 bits per heavy atom. The van der Waals surface area contributed by atoms with Gasteiger partial charge in [-0.1, -0.05) is 12.1 Å². The second kappa shape index (κ2) is 10.8. The molecule has 0 unspecified atom stereocenters. The Balaban J connectivity index is 1.47. The first-order valence-electron chi connectivity index (χ1n) is 11.8. The SMILES string of the molecule is O=S(=O)(Oc1c(F)c(F)c(F)c(F)c1F)c1ccc2c(c1)OCC[C@H]2Oc1ccc(C(F)(F)F)cc1-c1cccnc1. The van der Waals surface area contributed by atoms with E-state index >= 15 is 0 Å². The van der Waals surface area contributed by atoms with E-state index in [4.69, 9.17) is 9.47 Å². The molecule has 42 heavy (non-hydrogen) atoms. The van der Waals surface area contributed by atoms with Gasteiger partial charge < -0.3 is 13.7 Å². The van der Waals surface area contributed by atoms with Crippen LogP contribution in [0, 0.1) is 29.1 Å². The number of hydrogen-bond acceptors (Lipinski definition) is 6. The maximum atomic E-state index is 14.0. The minimum Gasteiger partial charge on any atom is -0.493 e. The van der Waals surface area contributed by atoms with Crippen molar-refractivity contribution in [3.63, 3.8) is 0 Å². The van der Waals surface area contributed by atoms with Crippen molar-refractivity contribution in [2.75, 3.05) is 6.61 Å². The van der Waals surface area contributed by atoms with Crippen molar-refractivity contribution in [2.24, 2.45) is 0 Å². The van der Waals surface area contributed by atoms with Crippen LogP contribution in [0.3, 0.4) is 0 Å². The summed E-state index contributed by atoms with van der Waals surface area (Å²) >= 11 is 0. The van der Waals surface area contributed by atoms with E-state index in [0.29, 0.717) is 5.56 Å². The molecule has 1 aliphatic heterocycles. The van der Waals surface area contributed by atoms with Crippen LogP contribution in [0.5, 0.6) is 17.2 Å². The first kappa shape index (κ1) is 29.1. The van der Waals surface area contributed by atoms with Gasteiger partial charge in [-0.25, -0.2) is 13.2 Å². The van der Waals surface area contributed by atoms with Crippen LogP contribution in [0.4, 0.5) is 35.1 Å². The van der Waals surface area contributed by atoms with Gasteiger partial charge in [-0.05, 0) is 30.3 Å². The fourth-order valence-electron chi connectivity index (χ4n) is 4.14. The normalized spacial score (nSPS) is 15.1. The highest BCUT2D eigenvalue weighted by molar-refractivity contribution is 7.87. The molecule has 0 fully saturated rings. The maximum absolute atomic E-state index is 14.0. The lowest BCUT2D eigenvalue weighted by Crippen LogP contribution is -2.20. The molecule has 220 valence electrons. The molecule has 0 N–H and O–H groups in total. The van der Waals surface area contributed by atoms with Crippen molar-refractivity contribution in [3.05, 3.63) is 101 Å². The molecular weight excluding hydrogens is 602 g/mol. The van der Waals surface area contributed by atoms with Crippen LogP contribution in [0.1, 0.15) is 23.7 Å². The summed E-state index contributed by atoms with van der Waals surface area (Å²) in [4.78, 5) is 3.18. The summed E-state index contributed by atoms with van der Waals surface area (Å²) in [5.74, 6) is -14.3. The molecule has 6 nitrogen and oxygen atoms in total. The number of alkyl halides is 3. The van der Waals surface area contributed by atoms with Crippen molar-refractivity contribution in [1.82, 2.24) is 4.98 Å². The molecule has 0 bridgehead atoms. The highest BCUT2D eigenvalue weighted by Gasteiger charge is 2.34. The van der Waals surface area contributed by atoms with E-state index < -0.39 is 67.7 Å². The van der Waals surface area contributed by atoms with Gasteiger partial charge in [-0.2, -0.15) is 30.4 Å². The number of pyridine rings is 1. The molecule has 0 spiro atoms. The molecule has 15 heteroatoms. The van der Waals surface area contributed by atoms with Gasteiger partial charge in [0.15, 0.2) is 0 Å². The summed E-state index contributed by atoms with van der Waals surface area (Å²) in [5.41, 5.74) is -0.253. The monoisotopic (exact) mass is 617 g/mol. The Labute approximate surface area is 232 Å². The van der Waals surface area contributed by atoms with Crippen LogP contribution in [-0.4, -0.2) is 20.0 Å². The molecule has 5 rings (SSSR count). The lowest BCUT2D eigenvalue weighted by atomic mass is 10.0. The minimum absolute atomic E-state index is 0.0392. The first-order valence-corrected chi connectivity index (χ1v) is 13.2. The average molecular weight is 617 g/mol. The molecule has 1 aromatic heterocycles. The Morgan fingerprint density at radius 3 is 2.21 bits per heavy atom. The number of hydrogen-bond donors (Lipinski definition) is 0. The van der Waals surface area contributed by atoms with Crippen LogP contribution in [-0.2, 0) is 16.3 Å². The summed E-state index contributed by atoms with van der Waals surface area (Å²) in [7, 11) is -5.15. The van der Waals surface area contributed by atoms with E-state index in [1.807, 2.05) is 0 Å². The molecule has 3 aromatic carbocycles. The van der Waals surface area contributed by atoms with Gasteiger partial charge in [0, 0.05) is 41.6 Å². The Bertz CT molecular complexity index is 1750. The number of fused-ring (bicyclic) bond motifs is 1. The van der Waals surface area contributed by atoms with E-state index in [0.717, 1.165) is 30.3 Å². The second-order valence-corrected chi connectivity index (χ2v) is 10.4. The van der Waals surface area contributed by atoms with Gasteiger partial charge in [0.1, 0.15) is 22.5 Å². The average Bonchev–Trinajstić information content (AvgIpc) is 2.97. The first-order chi connectivity index (χ1) is 19.8. The number of aromatic nitrogens is 1. The maximum Gasteiger partial charge on any atom is 0.416 e. The minimum atomic E-state index is -5.15. The summed E-state index contributed by atoms with van der Waals surface area (Å²) in [6.45, 7) is -0.0392. The summed E-state index contributed by atoms with van der Waals surface area (Å²) in [6.07, 6.45) is -2.51. The smallest absolute Gasteiger partial charge is 0.416 e. The third-order valence-electron chi connectivity index (χ3n) is 6.17. The molecule has 2 heterocycles. The lowest BCUT2D eigenvalue weighted by Gasteiger charge is -2.28. The number of ether oxygens (including phenoxy) is 2. The molecule has 4 aromatic rings. The van der Waals surface area contributed by atoms with Crippen LogP contribution >= 0.6 is 0 Å². The molecule has 0 radical (unpaired) electrons. The second-order valence-electron chi connectivity index (χ2n) is 8.83. The summed E-state index contributed by atoms with van der Waals surface area (Å²) in [6, 6.07) is 8.94. The summed E-state index contributed by atoms with van der Waals surface area (Å²) in [5, 5.41) is 0. The Hall–Kier alpha value is -4.40. The number of nitrogens with zero attached hydrogens (tertiary/aromatic N) is 1. The van der Waals surface area contributed by atoms with Gasteiger partial charge in [-0.15, -0.1) is 0 Å². The molecular formula is C27H15F8NO5S. The largest absolute Gasteiger partial charge is 0.493 e. The van der Waals surface area contributed by atoms with Crippen molar-refractivity contribution in [1.29, 1.82) is 0 Å². The lowest BCUT2D eigenvalue weighted by molar-refractivity contribution is -0.137. The number of rotatable bonds is 6. The summed E-state index contributed by atoms with van der Waals surface area (Å²) < 4.78 is 150. The Morgan fingerprint density at radius 1 is 0.881 bits per heavy atom. The molecule has 0 saturated heterocycles. The predicted molar refractivity (Wildman–Crippen MR) is 129 cm³/mol. The standard InChI is InChI=1S/C27H15F8NO5S/c28-21-22(29)24(31)26(25(32)23(21)30)41-42(37,38)15-4-5-16-19(7-9-39-20(16)11-15)40-18-6-3-14(27(33,34)35)10-17(18)13-2-1-8-36-12-13/h1-6,8,10-12,19H,7,9H2/t19-/m1/s1. The highest BCUT2D eigenvalue weighted by atomic mass is 32.2. The van der Waals surface area contributed by atoms with Gasteiger partial charge in [0.2, 0.25) is 34.8 Å². The van der Waals surface area contributed by atoms with Crippen LogP contribution < -0.4 is 13.7 Å². The van der Waals surface area contributed by atoms with Crippen molar-refractivity contribution < 1.29 is 57.2 Å². The van der Waals surface area contributed by atoms with E-state index in [1.165, 1.54) is 30.6 Å². The van der Waals surface area contributed by atoms with E-state index in [-0.39, 0.29) is 35.7 Å². The topological polar surface area (TPSA) is 74.7 Å². The van der Waals surface area contributed by atoms with Crippen molar-refractivity contribution >= 4 is 10.1 Å². The third-order valence-corrected chi connectivity index (χ3v) is 7.39. The fraction of sp³-hybridized carbons (Fsp3) is 0.148. The van der Waals surface area contributed by atoms with Gasteiger partial charge in [0.25, 0.3) is 0 Å². The molecule has 0 amide bonds. The van der Waals surface area contributed by atoms with Gasteiger partial charge >= 0.3 is 16.3 Å². The molecule has 1 atom stereocenters. The zero-order chi connectivity index (χ0) is 30.4. The van der Waals surface area contributed by atoms with Crippen molar-refractivity contribution in [3.8, 4) is 28.4 Å². The van der Waals surface area contributed by atoms with Crippen molar-refractivity contribution in [2.45, 2.75) is 23.6 Å². The van der Waals surface area contributed by atoms with Crippen LogP contribution in [0.15, 0.2) is 65.8 Å². The van der Waals surface area contributed by atoms with E-state index in [1.54, 1.807) is 0 Å². The third kappa shape index (κ3) is 5.43. The zero-order valence-corrected chi connectivity index (χ0v) is 21.5. The van der Waals surface area contributed by atoms with Gasteiger partial charge in [-0.3, -0.25) is 4.98 Å². The fourth-order valence-corrected chi connectivity index (χ4v) is 5.09. The molecule has 0 aliphatic carbocycles. The van der Waals surface area contributed by atoms with Gasteiger partial charge in [0.05, 0.1) is 12.2 Å².